The first-order valence-corrected chi connectivity index (χ1v) is 6.91. The molecule has 0 radical (unpaired) electrons. The van der Waals surface area contributed by atoms with Gasteiger partial charge in [0.1, 0.15) is 11.9 Å². The van der Waals surface area contributed by atoms with Crippen molar-refractivity contribution in [3.63, 3.8) is 0 Å². The molecular formula is C14H20ClNO2. The zero-order valence-corrected chi connectivity index (χ0v) is 11.5. The summed E-state index contributed by atoms with van der Waals surface area (Å²) in [4.78, 5) is 0. The number of hydrogen-bond donors (Lipinski definition) is 1. The minimum atomic E-state index is 0.124. The van der Waals surface area contributed by atoms with E-state index in [1.54, 1.807) is 0 Å². The number of para-hydroxylation sites is 1. The van der Waals surface area contributed by atoms with Gasteiger partial charge < -0.3 is 14.8 Å². The summed E-state index contributed by atoms with van der Waals surface area (Å²) in [6.45, 7) is 5.29. The Morgan fingerprint density at radius 3 is 3.11 bits per heavy atom. The van der Waals surface area contributed by atoms with Crippen molar-refractivity contribution in [1.82, 2.24) is 5.32 Å². The third-order valence-corrected chi connectivity index (χ3v) is 3.31. The summed E-state index contributed by atoms with van der Waals surface area (Å²) in [5.41, 5.74) is 1.11. The topological polar surface area (TPSA) is 30.5 Å². The van der Waals surface area contributed by atoms with Crippen LogP contribution in [0.25, 0.3) is 0 Å². The number of halogens is 1. The summed E-state index contributed by atoms with van der Waals surface area (Å²) in [7, 11) is 0. The second kappa shape index (κ2) is 6.98. The third-order valence-electron chi connectivity index (χ3n) is 3.02. The molecule has 1 heterocycles. The van der Waals surface area contributed by atoms with Crippen LogP contribution in [0.5, 0.6) is 5.75 Å². The number of hydrogen-bond acceptors (Lipinski definition) is 3. The van der Waals surface area contributed by atoms with Crippen molar-refractivity contribution < 1.29 is 9.47 Å². The molecule has 1 atom stereocenters. The molecule has 1 unspecified atom stereocenters. The van der Waals surface area contributed by atoms with Crippen LogP contribution in [0, 0.1) is 0 Å². The molecule has 1 aliphatic rings. The quantitative estimate of drug-likeness (QED) is 0.891. The smallest absolute Gasteiger partial charge is 0.142 e. The molecule has 1 N–H and O–H groups in total. The molecule has 0 saturated carbocycles. The third kappa shape index (κ3) is 3.61. The minimum absolute atomic E-state index is 0.124. The van der Waals surface area contributed by atoms with Gasteiger partial charge in [-0.2, -0.15) is 0 Å². The van der Waals surface area contributed by atoms with Crippen molar-refractivity contribution in [2.45, 2.75) is 32.4 Å². The van der Waals surface area contributed by atoms with E-state index in [-0.39, 0.29) is 6.10 Å². The Bertz CT molecular complexity index is 378. The van der Waals surface area contributed by atoms with Crippen molar-refractivity contribution in [3.8, 4) is 5.75 Å². The van der Waals surface area contributed by atoms with Gasteiger partial charge in [-0.15, -0.1) is 0 Å². The number of nitrogens with one attached hydrogen (secondary N) is 1. The van der Waals surface area contributed by atoms with Gasteiger partial charge in [-0.3, -0.25) is 0 Å². The van der Waals surface area contributed by atoms with Gasteiger partial charge in [-0.1, -0.05) is 30.7 Å². The van der Waals surface area contributed by atoms with Gasteiger partial charge in [0.15, 0.2) is 0 Å². The molecule has 1 fully saturated rings. The van der Waals surface area contributed by atoms with Gasteiger partial charge in [0.2, 0.25) is 0 Å². The van der Waals surface area contributed by atoms with Gasteiger partial charge in [0.25, 0.3) is 0 Å². The standard InChI is InChI=1S/C14H20ClNO2/c1-2-16-9-11-5-3-7-13(15)14(11)18-12-6-4-8-17-10-12/h3,5,7,12,16H,2,4,6,8-10H2,1H3. The van der Waals surface area contributed by atoms with E-state index in [0.29, 0.717) is 11.6 Å². The molecule has 1 aliphatic heterocycles. The Balaban J connectivity index is 2.08. The lowest BCUT2D eigenvalue weighted by molar-refractivity contribution is 0.00705. The first-order valence-electron chi connectivity index (χ1n) is 6.53. The van der Waals surface area contributed by atoms with E-state index < -0.39 is 0 Å². The largest absolute Gasteiger partial charge is 0.486 e. The Hall–Kier alpha value is -0.770. The lowest BCUT2D eigenvalue weighted by Crippen LogP contribution is -2.28. The lowest BCUT2D eigenvalue weighted by atomic mass is 10.1. The predicted octanol–water partition coefficient (Wildman–Crippen LogP) is 3.01. The van der Waals surface area contributed by atoms with E-state index in [2.05, 4.69) is 12.2 Å². The van der Waals surface area contributed by atoms with Crippen LogP contribution >= 0.6 is 11.6 Å². The van der Waals surface area contributed by atoms with Crippen LogP contribution in [0.2, 0.25) is 5.02 Å². The van der Waals surface area contributed by atoms with Crippen LogP contribution in [0.3, 0.4) is 0 Å². The van der Waals surface area contributed by atoms with Crippen molar-refractivity contribution in [3.05, 3.63) is 28.8 Å². The molecular weight excluding hydrogens is 250 g/mol. The highest BCUT2D eigenvalue weighted by Gasteiger charge is 2.18. The minimum Gasteiger partial charge on any atom is -0.486 e. The molecule has 0 spiro atoms. The van der Waals surface area contributed by atoms with Crippen molar-refractivity contribution >= 4 is 11.6 Å². The summed E-state index contributed by atoms with van der Waals surface area (Å²) >= 11 is 6.23. The van der Waals surface area contributed by atoms with E-state index >= 15 is 0 Å². The molecule has 18 heavy (non-hydrogen) atoms. The maximum absolute atomic E-state index is 6.23. The van der Waals surface area contributed by atoms with Crippen molar-refractivity contribution in [1.29, 1.82) is 0 Å². The first kappa shape index (κ1) is 13.7. The summed E-state index contributed by atoms with van der Waals surface area (Å²) in [5.74, 6) is 0.801. The van der Waals surface area contributed by atoms with E-state index in [0.717, 1.165) is 43.9 Å². The van der Waals surface area contributed by atoms with Gasteiger partial charge in [-0.25, -0.2) is 0 Å². The first-order chi connectivity index (χ1) is 8.81. The molecule has 0 bridgehead atoms. The Morgan fingerprint density at radius 1 is 1.50 bits per heavy atom. The maximum atomic E-state index is 6.23. The molecule has 2 rings (SSSR count). The van der Waals surface area contributed by atoms with Gasteiger partial charge >= 0.3 is 0 Å². The summed E-state index contributed by atoms with van der Waals surface area (Å²) < 4.78 is 11.4. The van der Waals surface area contributed by atoms with Gasteiger partial charge in [0.05, 0.1) is 11.6 Å². The average molecular weight is 270 g/mol. The molecule has 4 heteroatoms. The summed E-state index contributed by atoms with van der Waals surface area (Å²) in [6, 6.07) is 5.88. The van der Waals surface area contributed by atoms with E-state index in [1.165, 1.54) is 0 Å². The fourth-order valence-corrected chi connectivity index (χ4v) is 2.29. The SMILES string of the molecule is CCNCc1cccc(Cl)c1OC1CCCOC1. The summed E-state index contributed by atoms with van der Waals surface area (Å²) in [6.07, 6.45) is 2.21. The molecule has 0 aromatic heterocycles. The van der Waals surface area contributed by atoms with Crippen LogP contribution < -0.4 is 10.1 Å². The Kier molecular flexibility index (Phi) is 5.29. The molecule has 100 valence electrons. The van der Waals surface area contributed by atoms with E-state index in [4.69, 9.17) is 21.1 Å². The highest BCUT2D eigenvalue weighted by Crippen LogP contribution is 2.30. The average Bonchev–Trinajstić information content (AvgIpc) is 2.41. The van der Waals surface area contributed by atoms with E-state index in [9.17, 15) is 0 Å². The van der Waals surface area contributed by atoms with Crippen LogP contribution in [-0.2, 0) is 11.3 Å². The molecule has 3 nitrogen and oxygen atoms in total. The van der Waals surface area contributed by atoms with Gasteiger partial charge in [0, 0.05) is 18.7 Å². The molecule has 1 aromatic carbocycles. The normalized spacial score (nSPS) is 19.8. The van der Waals surface area contributed by atoms with Gasteiger partial charge in [-0.05, 0) is 25.5 Å². The van der Waals surface area contributed by atoms with Crippen LogP contribution in [0.1, 0.15) is 25.3 Å². The second-order valence-corrected chi connectivity index (χ2v) is 4.87. The molecule has 1 aromatic rings. The Labute approximate surface area is 113 Å². The van der Waals surface area contributed by atoms with Crippen LogP contribution in [-0.4, -0.2) is 25.9 Å². The highest BCUT2D eigenvalue weighted by atomic mass is 35.5. The zero-order chi connectivity index (χ0) is 12.8. The lowest BCUT2D eigenvalue weighted by Gasteiger charge is -2.25. The molecule has 0 amide bonds. The number of ether oxygens (including phenoxy) is 2. The molecule has 1 saturated heterocycles. The van der Waals surface area contributed by atoms with Crippen LogP contribution in [0.15, 0.2) is 18.2 Å². The number of benzene rings is 1. The fourth-order valence-electron chi connectivity index (χ4n) is 2.06. The summed E-state index contributed by atoms with van der Waals surface area (Å²) in [5, 5.41) is 3.98. The van der Waals surface area contributed by atoms with Crippen molar-refractivity contribution in [2.24, 2.45) is 0 Å². The Morgan fingerprint density at radius 2 is 2.39 bits per heavy atom. The fraction of sp³-hybridized carbons (Fsp3) is 0.571. The number of rotatable bonds is 5. The highest BCUT2D eigenvalue weighted by molar-refractivity contribution is 6.32. The van der Waals surface area contributed by atoms with E-state index in [1.807, 2.05) is 18.2 Å². The van der Waals surface area contributed by atoms with Crippen LogP contribution in [0.4, 0.5) is 0 Å². The maximum Gasteiger partial charge on any atom is 0.142 e. The molecule has 0 aliphatic carbocycles. The monoisotopic (exact) mass is 269 g/mol. The zero-order valence-electron chi connectivity index (χ0n) is 10.7. The van der Waals surface area contributed by atoms with Crippen molar-refractivity contribution in [2.75, 3.05) is 19.8 Å². The predicted molar refractivity (Wildman–Crippen MR) is 73.3 cm³/mol. The second-order valence-electron chi connectivity index (χ2n) is 4.47.